The lowest BCUT2D eigenvalue weighted by Gasteiger charge is -2.37. The lowest BCUT2D eigenvalue weighted by atomic mass is 9.94. The number of aromatic nitrogens is 2. The normalized spacial score (nSPS) is 16.6. The molecule has 1 unspecified atom stereocenters. The highest BCUT2D eigenvalue weighted by Gasteiger charge is 2.33. The fraction of sp³-hybridized carbons (Fsp3) is 0.261. The third-order valence-electron chi connectivity index (χ3n) is 5.28. The number of nitrogens with one attached hydrogen (secondary N) is 1. The lowest BCUT2D eigenvalue weighted by Crippen LogP contribution is -2.47. The first-order valence-corrected chi connectivity index (χ1v) is 10.3. The molecule has 8 heteroatoms. The summed E-state index contributed by atoms with van der Waals surface area (Å²) in [4.78, 5) is 6.59. The van der Waals surface area contributed by atoms with Crippen molar-refractivity contribution in [2.75, 3.05) is 20.3 Å². The molecule has 2 heterocycles. The minimum absolute atomic E-state index is 0.242. The fourth-order valence-electron chi connectivity index (χ4n) is 3.57. The first-order chi connectivity index (χ1) is 15.0. The summed E-state index contributed by atoms with van der Waals surface area (Å²) in [6.45, 7) is 5.15. The van der Waals surface area contributed by atoms with Crippen LogP contribution in [0.5, 0.6) is 0 Å². The topological polar surface area (TPSA) is 63.4 Å². The largest absolute Gasteiger partial charge is 0.383 e. The van der Waals surface area contributed by atoms with Gasteiger partial charge in [0.2, 0.25) is 5.82 Å². The molecule has 0 amide bonds. The van der Waals surface area contributed by atoms with E-state index in [0.29, 0.717) is 35.5 Å². The zero-order valence-electron chi connectivity index (χ0n) is 17.6. The molecule has 1 N–H and O–H groups in total. The molecule has 0 saturated carbocycles. The zero-order valence-corrected chi connectivity index (χ0v) is 18.4. The molecular formula is C23H23FN4O2S. The molecule has 4 rings (SSSR count). The van der Waals surface area contributed by atoms with Gasteiger partial charge in [0.05, 0.1) is 18.2 Å². The molecular weight excluding hydrogens is 415 g/mol. The van der Waals surface area contributed by atoms with Gasteiger partial charge in [-0.2, -0.15) is 4.98 Å². The molecule has 0 fully saturated rings. The number of hydrogen-bond acceptors (Lipinski definition) is 5. The Hall–Kier alpha value is -3.10. The van der Waals surface area contributed by atoms with Crippen LogP contribution in [0.1, 0.15) is 30.0 Å². The van der Waals surface area contributed by atoms with Gasteiger partial charge in [0.25, 0.3) is 5.89 Å². The Bertz CT molecular complexity index is 1110. The Balaban J connectivity index is 1.78. The smallest absolute Gasteiger partial charge is 0.258 e. The highest BCUT2D eigenvalue weighted by atomic mass is 32.1. The number of hydrogen-bond donors (Lipinski definition) is 1. The molecule has 1 atom stereocenters. The van der Waals surface area contributed by atoms with Crippen molar-refractivity contribution in [1.29, 1.82) is 0 Å². The minimum atomic E-state index is -0.316. The van der Waals surface area contributed by atoms with Gasteiger partial charge in [-0.1, -0.05) is 35.0 Å². The Morgan fingerprint density at radius 2 is 1.84 bits per heavy atom. The van der Waals surface area contributed by atoms with E-state index < -0.39 is 0 Å². The summed E-state index contributed by atoms with van der Waals surface area (Å²) >= 11 is 5.64. The monoisotopic (exact) mass is 438 g/mol. The van der Waals surface area contributed by atoms with Gasteiger partial charge < -0.3 is 19.5 Å². The van der Waals surface area contributed by atoms with Crippen LogP contribution >= 0.6 is 12.2 Å². The number of halogens is 1. The maximum atomic E-state index is 13.3. The Morgan fingerprint density at radius 1 is 1.13 bits per heavy atom. The molecule has 6 nitrogen and oxygen atoms in total. The van der Waals surface area contributed by atoms with Crippen molar-refractivity contribution in [3.05, 3.63) is 77.1 Å². The molecule has 160 valence electrons. The van der Waals surface area contributed by atoms with Crippen LogP contribution in [-0.2, 0) is 4.74 Å². The van der Waals surface area contributed by atoms with E-state index >= 15 is 0 Å². The molecule has 0 aliphatic carbocycles. The second-order valence-electron chi connectivity index (χ2n) is 7.37. The third-order valence-corrected chi connectivity index (χ3v) is 5.62. The molecule has 3 aromatic rings. The molecule has 1 aliphatic heterocycles. The van der Waals surface area contributed by atoms with Crippen LogP contribution in [-0.4, -0.2) is 40.4 Å². The highest BCUT2D eigenvalue weighted by molar-refractivity contribution is 7.80. The van der Waals surface area contributed by atoms with Crippen molar-refractivity contribution in [2.24, 2.45) is 0 Å². The van der Waals surface area contributed by atoms with E-state index in [1.165, 1.54) is 17.7 Å². The first kappa shape index (κ1) is 21.1. The average molecular weight is 439 g/mol. The van der Waals surface area contributed by atoms with E-state index in [0.717, 1.165) is 16.8 Å². The van der Waals surface area contributed by atoms with E-state index in [2.05, 4.69) is 39.7 Å². The van der Waals surface area contributed by atoms with E-state index in [4.69, 9.17) is 21.5 Å². The van der Waals surface area contributed by atoms with E-state index in [1.54, 1.807) is 19.2 Å². The van der Waals surface area contributed by atoms with Gasteiger partial charge in [-0.3, -0.25) is 0 Å². The second-order valence-corrected chi connectivity index (χ2v) is 7.75. The van der Waals surface area contributed by atoms with Crippen LogP contribution in [0.15, 0.2) is 58.8 Å². The van der Waals surface area contributed by atoms with Gasteiger partial charge in [0.1, 0.15) is 5.82 Å². The van der Waals surface area contributed by atoms with Crippen LogP contribution in [0.2, 0.25) is 0 Å². The van der Waals surface area contributed by atoms with Crippen molar-refractivity contribution in [2.45, 2.75) is 19.9 Å². The summed E-state index contributed by atoms with van der Waals surface area (Å²) in [6.07, 6.45) is 0. The summed E-state index contributed by atoms with van der Waals surface area (Å²) in [5.74, 6) is 0.471. The molecule has 31 heavy (non-hydrogen) atoms. The predicted octanol–water partition coefficient (Wildman–Crippen LogP) is 4.49. The van der Waals surface area contributed by atoms with Crippen LogP contribution < -0.4 is 5.32 Å². The van der Waals surface area contributed by atoms with Gasteiger partial charge >= 0.3 is 0 Å². The second kappa shape index (κ2) is 8.95. The van der Waals surface area contributed by atoms with E-state index in [-0.39, 0.29) is 11.9 Å². The van der Waals surface area contributed by atoms with Crippen LogP contribution in [0, 0.1) is 12.7 Å². The van der Waals surface area contributed by atoms with Crippen molar-refractivity contribution >= 4 is 22.9 Å². The summed E-state index contributed by atoms with van der Waals surface area (Å²) in [5.41, 5.74) is 4.64. The third kappa shape index (κ3) is 4.35. The summed E-state index contributed by atoms with van der Waals surface area (Å²) in [5, 5.41) is 8.15. The Kier molecular flexibility index (Phi) is 6.11. The molecule has 1 aliphatic rings. The number of ether oxygens (including phenoxy) is 1. The SMILES string of the molecule is COCCN1C(=S)NC(c2ccc(C)cc2)C(c2nc(-c3ccc(F)cc3)no2)=C1C. The molecule has 0 spiro atoms. The number of rotatable bonds is 6. The van der Waals surface area contributed by atoms with Crippen LogP contribution in [0.4, 0.5) is 4.39 Å². The summed E-state index contributed by atoms with van der Waals surface area (Å²) in [7, 11) is 1.66. The van der Waals surface area contributed by atoms with Crippen molar-refractivity contribution < 1.29 is 13.7 Å². The summed E-state index contributed by atoms with van der Waals surface area (Å²) < 4.78 is 24.2. The fourth-order valence-corrected chi connectivity index (χ4v) is 3.91. The zero-order chi connectivity index (χ0) is 22.0. The summed E-state index contributed by atoms with van der Waals surface area (Å²) in [6, 6.07) is 14.0. The maximum absolute atomic E-state index is 13.3. The van der Waals surface area contributed by atoms with Crippen LogP contribution in [0.25, 0.3) is 17.0 Å². The highest BCUT2D eigenvalue weighted by Crippen LogP contribution is 2.37. The number of nitrogens with zero attached hydrogens (tertiary/aromatic N) is 3. The molecule has 1 aromatic heterocycles. The first-order valence-electron chi connectivity index (χ1n) is 9.92. The lowest BCUT2D eigenvalue weighted by molar-refractivity contribution is 0.183. The van der Waals surface area contributed by atoms with Crippen LogP contribution in [0.3, 0.4) is 0 Å². The molecule has 2 aromatic carbocycles. The maximum Gasteiger partial charge on any atom is 0.258 e. The number of benzene rings is 2. The number of allylic oxidation sites excluding steroid dienone is 1. The Morgan fingerprint density at radius 3 is 2.52 bits per heavy atom. The number of thiocarbonyl (C=S) groups is 1. The predicted molar refractivity (Wildman–Crippen MR) is 121 cm³/mol. The van der Waals surface area contributed by atoms with Gasteiger partial charge in [-0.05, 0) is 55.9 Å². The van der Waals surface area contributed by atoms with Gasteiger partial charge in [0, 0.05) is 24.9 Å². The quantitative estimate of drug-likeness (QED) is 0.569. The number of methoxy groups -OCH3 is 1. The van der Waals surface area contributed by atoms with Gasteiger partial charge in [0.15, 0.2) is 5.11 Å². The van der Waals surface area contributed by atoms with Crippen molar-refractivity contribution in [3.63, 3.8) is 0 Å². The van der Waals surface area contributed by atoms with Gasteiger partial charge in [-0.25, -0.2) is 4.39 Å². The number of aryl methyl sites for hydroxylation is 1. The van der Waals surface area contributed by atoms with E-state index in [1.807, 2.05) is 18.7 Å². The van der Waals surface area contributed by atoms with Gasteiger partial charge in [-0.15, -0.1) is 0 Å². The Labute approximate surface area is 185 Å². The minimum Gasteiger partial charge on any atom is -0.383 e. The molecule has 0 radical (unpaired) electrons. The van der Waals surface area contributed by atoms with E-state index in [9.17, 15) is 4.39 Å². The van der Waals surface area contributed by atoms with Crippen molar-refractivity contribution in [1.82, 2.24) is 20.4 Å². The standard InChI is InChI=1S/C23H23FN4O2S/c1-14-4-6-16(7-5-14)20-19(15(2)28(12-13-29-3)23(31)25-20)22-26-21(27-30-22)17-8-10-18(24)11-9-17/h4-11,20H,12-13H2,1-3H3,(H,25,31). The average Bonchev–Trinajstić information content (AvgIpc) is 3.24. The molecule has 0 bridgehead atoms. The molecule has 0 saturated heterocycles. The van der Waals surface area contributed by atoms with Crippen molar-refractivity contribution in [3.8, 4) is 11.4 Å².